The molecule has 1 saturated carbocycles. The summed E-state index contributed by atoms with van der Waals surface area (Å²) in [5.41, 5.74) is 1.85. The van der Waals surface area contributed by atoms with Gasteiger partial charge in [0.15, 0.2) is 0 Å². The minimum atomic E-state index is -0.352. The van der Waals surface area contributed by atoms with Gasteiger partial charge in [-0.3, -0.25) is 0 Å². The average molecular weight is 258 g/mol. The zero-order chi connectivity index (χ0) is 12.6. The lowest BCUT2D eigenvalue weighted by Gasteiger charge is -2.23. The molecule has 1 aliphatic rings. The average Bonchev–Trinajstić information content (AvgIpc) is 2.98. The fourth-order valence-electron chi connectivity index (χ4n) is 3.02. The molecule has 0 saturated heterocycles. The van der Waals surface area contributed by atoms with Gasteiger partial charge < -0.3 is 0 Å². The van der Waals surface area contributed by atoms with Crippen LogP contribution in [-0.4, -0.2) is 10.5 Å². The molecule has 4 heteroatoms. The van der Waals surface area contributed by atoms with Crippen LogP contribution in [-0.2, 0) is 10.3 Å². The molecule has 92 valence electrons. The minimum Gasteiger partial charge on any atom is -0.211 e. The van der Waals surface area contributed by atoms with Crippen LogP contribution in [0.3, 0.4) is 0 Å². The lowest BCUT2D eigenvalue weighted by Crippen LogP contribution is -2.19. The van der Waals surface area contributed by atoms with Gasteiger partial charge in [0.05, 0.1) is 15.9 Å². The highest BCUT2D eigenvalue weighted by Crippen LogP contribution is 2.45. The topological polar surface area (TPSA) is 42.3 Å². The zero-order valence-corrected chi connectivity index (χ0v) is 11.1. The number of aliphatic imine (C=N–C) groups is 1. The highest BCUT2D eigenvalue weighted by molar-refractivity contribution is 7.13. The first-order valence-electron chi connectivity index (χ1n) is 6.21. The molecule has 1 aromatic heterocycles. The Bertz CT molecular complexity index is 634. The van der Waals surface area contributed by atoms with E-state index in [0.717, 1.165) is 36.9 Å². The number of aryl methyl sites for hydroxylation is 1. The molecule has 0 aliphatic heterocycles. The first-order chi connectivity index (χ1) is 8.77. The number of rotatable bonds is 2. The summed E-state index contributed by atoms with van der Waals surface area (Å²) in [6, 6.07) is 6.21. The highest BCUT2D eigenvalue weighted by atomic mass is 32.1. The second-order valence-corrected chi connectivity index (χ2v) is 5.69. The molecule has 0 atom stereocenters. The predicted molar refractivity (Wildman–Crippen MR) is 72.6 cm³/mol. The molecule has 3 nitrogen and oxygen atoms in total. The van der Waals surface area contributed by atoms with E-state index in [1.54, 1.807) is 6.08 Å². The third-order valence-electron chi connectivity index (χ3n) is 3.86. The lowest BCUT2D eigenvalue weighted by atomic mass is 9.86. The summed E-state index contributed by atoms with van der Waals surface area (Å²) < 4.78 is 5.60. The van der Waals surface area contributed by atoms with Crippen LogP contribution in [0.15, 0.2) is 23.2 Å². The van der Waals surface area contributed by atoms with Crippen LogP contribution in [0.25, 0.3) is 10.1 Å². The zero-order valence-electron chi connectivity index (χ0n) is 10.3. The van der Waals surface area contributed by atoms with Gasteiger partial charge in [0.1, 0.15) is 0 Å². The van der Waals surface area contributed by atoms with Crippen LogP contribution in [0.2, 0.25) is 0 Å². The van der Waals surface area contributed by atoms with Crippen molar-refractivity contribution in [1.29, 1.82) is 0 Å². The van der Waals surface area contributed by atoms with Gasteiger partial charge in [-0.25, -0.2) is 4.79 Å². The molecule has 0 spiro atoms. The molecule has 0 bridgehead atoms. The number of nitrogens with zero attached hydrogens (tertiary/aromatic N) is 2. The Kier molecular flexibility index (Phi) is 2.77. The van der Waals surface area contributed by atoms with Crippen LogP contribution in [0, 0.1) is 6.92 Å². The molecule has 3 rings (SSSR count). The Morgan fingerprint density at radius 2 is 2.17 bits per heavy atom. The molecule has 1 aliphatic carbocycles. The number of aromatic nitrogens is 1. The van der Waals surface area contributed by atoms with Gasteiger partial charge >= 0.3 is 0 Å². The van der Waals surface area contributed by atoms with Crippen molar-refractivity contribution in [3.8, 4) is 0 Å². The molecule has 1 fully saturated rings. The molecule has 1 heterocycles. The summed E-state index contributed by atoms with van der Waals surface area (Å²) in [5.74, 6) is 0. The first-order valence-corrected chi connectivity index (χ1v) is 6.99. The summed E-state index contributed by atoms with van der Waals surface area (Å²) in [4.78, 5) is 15.0. The smallest absolute Gasteiger partial charge is 0.211 e. The maximum atomic E-state index is 10.8. The van der Waals surface area contributed by atoms with Gasteiger partial charge in [-0.05, 0) is 42.9 Å². The van der Waals surface area contributed by atoms with E-state index in [9.17, 15) is 4.79 Å². The standard InChI is InChI=1S/C14H14N2OS/c1-10-13-11(5-4-6-12(13)18-16-10)14(15-9-17)7-2-3-8-14/h4-6H,2-3,7-8H2,1H3. The fourth-order valence-corrected chi connectivity index (χ4v) is 3.84. The Labute approximate surface area is 110 Å². The van der Waals surface area contributed by atoms with Crippen LogP contribution in [0.4, 0.5) is 0 Å². The third-order valence-corrected chi connectivity index (χ3v) is 4.76. The monoisotopic (exact) mass is 258 g/mol. The van der Waals surface area contributed by atoms with E-state index in [-0.39, 0.29) is 5.54 Å². The van der Waals surface area contributed by atoms with E-state index < -0.39 is 0 Å². The van der Waals surface area contributed by atoms with Gasteiger partial charge in [-0.2, -0.15) is 9.37 Å². The highest BCUT2D eigenvalue weighted by Gasteiger charge is 2.37. The van der Waals surface area contributed by atoms with Crippen molar-refractivity contribution in [1.82, 2.24) is 4.37 Å². The minimum absolute atomic E-state index is 0.352. The molecular weight excluding hydrogens is 244 g/mol. The number of isocyanates is 1. The largest absolute Gasteiger partial charge is 0.235 e. The quantitative estimate of drug-likeness (QED) is 0.608. The second kappa shape index (κ2) is 4.30. The van der Waals surface area contributed by atoms with Gasteiger partial charge in [-0.15, -0.1) is 0 Å². The number of carbonyl (C=O) groups excluding carboxylic acids is 1. The van der Waals surface area contributed by atoms with E-state index in [0.29, 0.717) is 0 Å². The summed E-state index contributed by atoms with van der Waals surface area (Å²) in [6.45, 7) is 2.02. The maximum absolute atomic E-state index is 10.8. The molecule has 1 aromatic carbocycles. The maximum Gasteiger partial charge on any atom is 0.235 e. The van der Waals surface area contributed by atoms with Crippen LogP contribution < -0.4 is 0 Å². The summed E-state index contributed by atoms with van der Waals surface area (Å²) in [5, 5.41) is 1.18. The van der Waals surface area contributed by atoms with Crippen molar-refractivity contribution in [2.75, 3.05) is 0 Å². The third kappa shape index (κ3) is 1.61. The van der Waals surface area contributed by atoms with Crippen molar-refractivity contribution >= 4 is 27.7 Å². The van der Waals surface area contributed by atoms with E-state index in [4.69, 9.17) is 0 Å². The predicted octanol–water partition coefficient (Wildman–Crippen LogP) is 3.71. The van der Waals surface area contributed by atoms with Crippen molar-refractivity contribution in [3.63, 3.8) is 0 Å². The van der Waals surface area contributed by atoms with Crippen LogP contribution in [0.1, 0.15) is 36.9 Å². The van der Waals surface area contributed by atoms with Crippen molar-refractivity contribution in [2.45, 2.75) is 38.1 Å². The second-order valence-electron chi connectivity index (χ2n) is 4.89. The van der Waals surface area contributed by atoms with Gasteiger partial charge in [0.25, 0.3) is 0 Å². The van der Waals surface area contributed by atoms with Crippen molar-refractivity contribution in [2.24, 2.45) is 4.99 Å². The van der Waals surface area contributed by atoms with E-state index in [1.807, 2.05) is 13.0 Å². The van der Waals surface area contributed by atoms with E-state index in [2.05, 4.69) is 21.5 Å². The number of fused-ring (bicyclic) bond motifs is 1. The molecule has 0 radical (unpaired) electrons. The van der Waals surface area contributed by atoms with Crippen molar-refractivity contribution < 1.29 is 4.79 Å². The molecule has 0 unspecified atom stereocenters. The number of hydrogen-bond donors (Lipinski definition) is 0. The summed E-state index contributed by atoms with van der Waals surface area (Å²) >= 11 is 1.51. The SMILES string of the molecule is Cc1nsc2cccc(C3(N=C=O)CCCC3)c12. The fraction of sp³-hybridized carbons (Fsp3) is 0.429. The van der Waals surface area contributed by atoms with E-state index >= 15 is 0 Å². The van der Waals surface area contributed by atoms with Gasteiger partial charge in [0.2, 0.25) is 6.08 Å². The molecule has 0 amide bonds. The summed E-state index contributed by atoms with van der Waals surface area (Å²) in [6.07, 6.45) is 5.91. The molecule has 0 N–H and O–H groups in total. The van der Waals surface area contributed by atoms with Crippen LogP contribution in [0.5, 0.6) is 0 Å². The molecule has 18 heavy (non-hydrogen) atoms. The molecular formula is C14H14N2OS. The van der Waals surface area contributed by atoms with Gasteiger partial charge in [-0.1, -0.05) is 25.0 Å². The Morgan fingerprint density at radius 3 is 2.89 bits per heavy atom. The van der Waals surface area contributed by atoms with Crippen molar-refractivity contribution in [3.05, 3.63) is 29.5 Å². The summed E-state index contributed by atoms with van der Waals surface area (Å²) in [7, 11) is 0. The number of hydrogen-bond acceptors (Lipinski definition) is 4. The first kappa shape index (κ1) is 11.6. The normalized spacial score (nSPS) is 17.8. The Balaban J connectivity index is 2.29. The van der Waals surface area contributed by atoms with Crippen LogP contribution >= 0.6 is 11.5 Å². The number of benzene rings is 1. The van der Waals surface area contributed by atoms with E-state index in [1.165, 1.54) is 21.6 Å². The Morgan fingerprint density at radius 1 is 1.39 bits per heavy atom. The lowest BCUT2D eigenvalue weighted by molar-refractivity contribution is 0.459. The Hall–Kier alpha value is -1.51. The van der Waals surface area contributed by atoms with Gasteiger partial charge in [0, 0.05) is 5.39 Å². The molecule has 2 aromatic rings.